The average Bonchev–Trinajstić information content (AvgIpc) is 2.28. The van der Waals surface area contributed by atoms with Gasteiger partial charge in [0.25, 0.3) is 0 Å². The highest BCUT2D eigenvalue weighted by molar-refractivity contribution is 6.33. The molecule has 0 atom stereocenters. The number of hydrogen-bond acceptors (Lipinski definition) is 4. The Kier molecular flexibility index (Phi) is 3.29. The van der Waals surface area contributed by atoms with Gasteiger partial charge in [0, 0.05) is 6.54 Å². The molecule has 0 amide bonds. The van der Waals surface area contributed by atoms with Crippen molar-refractivity contribution in [2.24, 2.45) is 0 Å². The lowest BCUT2D eigenvalue weighted by molar-refractivity contribution is 0.0641. The molecule has 0 spiro atoms. The summed E-state index contributed by atoms with van der Waals surface area (Å²) in [6.45, 7) is 5.54. The van der Waals surface area contributed by atoms with E-state index in [-0.39, 0.29) is 16.2 Å². The van der Waals surface area contributed by atoms with Gasteiger partial charge in [0.15, 0.2) is 5.82 Å². The molecule has 0 bridgehead atoms. The molecule has 1 saturated heterocycles. The van der Waals surface area contributed by atoms with E-state index >= 15 is 0 Å². The van der Waals surface area contributed by atoms with Crippen LogP contribution >= 0.6 is 11.6 Å². The molecule has 1 heterocycles. The van der Waals surface area contributed by atoms with E-state index in [4.69, 9.17) is 27.8 Å². The van der Waals surface area contributed by atoms with Crippen LogP contribution in [0.4, 0.5) is 21.5 Å². The van der Waals surface area contributed by atoms with Crippen molar-refractivity contribution in [3.63, 3.8) is 0 Å². The first-order valence-corrected chi connectivity index (χ1v) is 6.10. The van der Waals surface area contributed by atoms with E-state index in [1.807, 2.05) is 18.7 Å². The van der Waals surface area contributed by atoms with Crippen LogP contribution in [0, 0.1) is 5.82 Å². The lowest BCUT2D eigenvalue weighted by Crippen LogP contribution is -2.53. The first kappa shape index (κ1) is 13.2. The third kappa shape index (κ3) is 2.08. The minimum Gasteiger partial charge on any atom is -0.397 e. The summed E-state index contributed by atoms with van der Waals surface area (Å²) in [6.07, 6.45) is 0. The Balaban J connectivity index is 2.53. The minimum absolute atomic E-state index is 0.0820. The van der Waals surface area contributed by atoms with Gasteiger partial charge in [-0.05, 0) is 19.9 Å². The second-order valence-corrected chi connectivity index (χ2v) is 5.43. The van der Waals surface area contributed by atoms with Gasteiger partial charge in [-0.1, -0.05) is 11.6 Å². The fourth-order valence-corrected chi connectivity index (χ4v) is 2.35. The van der Waals surface area contributed by atoms with Gasteiger partial charge < -0.3 is 21.1 Å². The predicted molar refractivity (Wildman–Crippen MR) is 72.5 cm³/mol. The molecule has 0 saturated carbocycles. The van der Waals surface area contributed by atoms with Gasteiger partial charge in [0.2, 0.25) is 0 Å². The second-order valence-electron chi connectivity index (χ2n) is 5.05. The molecule has 1 fully saturated rings. The molecule has 6 heteroatoms. The average molecular weight is 274 g/mol. The summed E-state index contributed by atoms with van der Waals surface area (Å²) in [6, 6.07) is 1.49. The first-order chi connectivity index (χ1) is 8.34. The number of rotatable bonds is 1. The van der Waals surface area contributed by atoms with E-state index in [9.17, 15) is 4.39 Å². The maximum atomic E-state index is 14.3. The van der Waals surface area contributed by atoms with E-state index in [1.54, 1.807) is 0 Å². The van der Waals surface area contributed by atoms with Gasteiger partial charge in [-0.15, -0.1) is 0 Å². The molecule has 0 unspecified atom stereocenters. The van der Waals surface area contributed by atoms with E-state index < -0.39 is 5.82 Å². The fourth-order valence-electron chi connectivity index (χ4n) is 2.20. The zero-order chi connectivity index (χ0) is 13.5. The monoisotopic (exact) mass is 273 g/mol. The number of ether oxygens (including phenoxy) is 1. The van der Waals surface area contributed by atoms with Crippen LogP contribution in [0.5, 0.6) is 0 Å². The summed E-state index contributed by atoms with van der Waals surface area (Å²) in [5.74, 6) is -0.566. The first-order valence-electron chi connectivity index (χ1n) is 5.73. The van der Waals surface area contributed by atoms with Crippen LogP contribution in [0.1, 0.15) is 13.8 Å². The zero-order valence-electron chi connectivity index (χ0n) is 10.5. The second kappa shape index (κ2) is 4.48. The molecule has 1 aliphatic rings. The van der Waals surface area contributed by atoms with Crippen molar-refractivity contribution in [2.45, 2.75) is 19.4 Å². The van der Waals surface area contributed by atoms with E-state index in [2.05, 4.69) is 0 Å². The van der Waals surface area contributed by atoms with Crippen LogP contribution in [-0.4, -0.2) is 25.3 Å². The molecular weight excluding hydrogens is 257 g/mol. The molecular formula is C12H17ClFN3O. The molecule has 4 nitrogen and oxygen atoms in total. The number of nitrogens with two attached hydrogens (primary N) is 2. The number of morpholine rings is 1. The lowest BCUT2D eigenvalue weighted by Gasteiger charge is -2.44. The van der Waals surface area contributed by atoms with E-state index in [0.717, 1.165) is 0 Å². The molecule has 4 N–H and O–H groups in total. The van der Waals surface area contributed by atoms with Crippen LogP contribution in [0.3, 0.4) is 0 Å². The van der Waals surface area contributed by atoms with Crippen LogP contribution in [0.15, 0.2) is 6.07 Å². The highest BCUT2D eigenvalue weighted by Gasteiger charge is 2.34. The third-order valence-electron chi connectivity index (χ3n) is 3.15. The van der Waals surface area contributed by atoms with Crippen molar-refractivity contribution in [2.75, 3.05) is 36.1 Å². The van der Waals surface area contributed by atoms with E-state index in [1.165, 1.54) is 6.07 Å². The highest BCUT2D eigenvalue weighted by Crippen LogP contribution is 2.39. The number of benzene rings is 1. The highest BCUT2D eigenvalue weighted by atomic mass is 35.5. The summed E-state index contributed by atoms with van der Waals surface area (Å²) in [5, 5.41) is -0.0820. The van der Waals surface area contributed by atoms with Crippen molar-refractivity contribution in [3.05, 3.63) is 16.9 Å². The molecule has 18 heavy (non-hydrogen) atoms. The van der Waals surface area contributed by atoms with Crippen LogP contribution < -0.4 is 16.4 Å². The number of nitrogens with zero attached hydrogens (tertiary/aromatic N) is 1. The maximum Gasteiger partial charge on any atom is 0.169 e. The summed E-state index contributed by atoms with van der Waals surface area (Å²) < 4.78 is 19.7. The van der Waals surface area contributed by atoms with Crippen molar-refractivity contribution >= 4 is 28.7 Å². The smallest absolute Gasteiger partial charge is 0.169 e. The number of anilines is 3. The zero-order valence-corrected chi connectivity index (χ0v) is 11.2. The Bertz CT molecular complexity index is 479. The van der Waals surface area contributed by atoms with E-state index in [0.29, 0.717) is 31.1 Å². The summed E-state index contributed by atoms with van der Waals surface area (Å²) in [4.78, 5) is 1.88. The van der Waals surface area contributed by atoms with Gasteiger partial charge in [0.05, 0.1) is 35.8 Å². The molecule has 0 radical (unpaired) electrons. The maximum absolute atomic E-state index is 14.3. The van der Waals surface area contributed by atoms with Gasteiger partial charge >= 0.3 is 0 Å². The minimum atomic E-state index is -0.566. The normalized spacial score (nSPS) is 19.0. The van der Waals surface area contributed by atoms with Gasteiger partial charge in [-0.25, -0.2) is 4.39 Å². The summed E-state index contributed by atoms with van der Waals surface area (Å²) in [7, 11) is 0. The molecule has 0 aromatic heterocycles. The number of nitrogen functional groups attached to an aromatic ring is 2. The number of halogens is 2. The Morgan fingerprint density at radius 3 is 2.67 bits per heavy atom. The van der Waals surface area contributed by atoms with Gasteiger partial charge in [-0.2, -0.15) is 0 Å². The third-order valence-corrected chi connectivity index (χ3v) is 3.54. The SMILES string of the molecule is CC1(C)COCCN1c1c(N)cc(N)c(Cl)c1F. The topological polar surface area (TPSA) is 64.5 Å². The molecule has 1 aromatic rings. The lowest BCUT2D eigenvalue weighted by atomic mass is 10.0. The fraction of sp³-hybridized carbons (Fsp3) is 0.500. The van der Waals surface area contributed by atoms with Crippen LogP contribution in [0.2, 0.25) is 5.02 Å². The van der Waals surface area contributed by atoms with Crippen LogP contribution in [0.25, 0.3) is 0 Å². The molecule has 1 aromatic carbocycles. The van der Waals surface area contributed by atoms with Crippen molar-refractivity contribution in [1.82, 2.24) is 0 Å². The largest absolute Gasteiger partial charge is 0.397 e. The molecule has 100 valence electrons. The van der Waals surface area contributed by atoms with Crippen molar-refractivity contribution in [3.8, 4) is 0 Å². The Labute approximate surface area is 111 Å². The quantitative estimate of drug-likeness (QED) is 0.771. The van der Waals surface area contributed by atoms with Gasteiger partial charge in [0.1, 0.15) is 5.02 Å². The Morgan fingerprint density at radius 1 is 1.39 bits per heavy atom. The Hall–Kier alpha value is -1.20. The standard InChI is InChI=1S/C12H17ClFN3O/c1-12(2)6-18-4-3-17(12)11-8(16)5-7(15)9(13)10(11)14/h5H,3-4,6,15-16H2,1-2H3. The van der Waals surface area contributed by atoms with Crippen molar-refractivity contribution in [1.29, 1.82) is 0 Å². The number of hydrogen-bond donors (Lipinski definition) is 2. The Morgan fingerprint density at radius 2 is 2.06 bits per heavy atom. The van der Waals surface area contributed by atoms with Gasteiger partial charge in [-0.3, -0.25) is 0 Å². The van der Waals surface area contributed by atoms with Crippen molar-refractivity contribution < 1.29 is 9.13 Å². The molecule has 1 aliphatic heterocycles. The molecule has 0 aliphatic carbocycles. The summed E-state index contributed by atoms with van der Waals surface area (Å²) >= 11 is 5.85. The summed E-state index contributed by atoms with van der Waals surface area (Å²) in [5.41, 5.74) is 11.9. The predicted octanol–water partition coefficient (Wildman–Crippen LogP) is 2.26. The van der Waals surface area contributed by atoms with Crippen LogP contribution in [-0.2, 0) is 4.74 Å². The molecule has 2 rings (SSSR count).